The van der Waals surface area contributed by atoms with Crippen molar-refractivity contribution in [2.24, 2.45) is 5.41 Å². The summed E-state index contributed by atoms with van der Waals surface area (Å²) in [6.07, 6.45) is 0.130. The van der Waals surface area contributed by atoms with Crippen LogP contribution in [0.3, 0.4) is 0 Å². The molecule has 1 atom stereocenters. The highest BCUT2D eigenvalue weighted by atomic mass is 28.3. The third-order valence-electron chi connectivity index (χ3n) is 3.12. The molecule has 0 aliphatic carbocycles. The molecule has 0 saturated carbocycles. The predicted octanol–water partition coefficient (Wildman–Crippen LogP) is 3.85. The zero-order valence-electron chi connectivity index (χ0n) is 12.5. The fourth-order valence-electron chi connectivity index (χ4n) is 2.30. The van der Waals surface area contributed by atoms with E-state index in [4.69, 9.17) is 9.16 Å². The molecule has 1 aliphatic rings. The summed E-state index contributed by atoms with van der Waals surface area (Å²) < 4.78 is 11.9. The van der Waals surface area contributed by atoms with E-state index in [1.165, 1.54) is 5.56 Å². The lowest BCUT2D eigenvalue weighted by molar-refractivity contribution is 0.0866. The van der Waals surface area contributed by atoms with Crippen molar-refractivity contribution in [1.29, 1.82) is 0 Å². The molecule has 1 aromatic rings. The number of hydrogen-bond acceptors (Lipinski definition) is 3. The second kappa shape index (κ2) is 5.55. The molecule has 105 valence electrons. The van der Waals surface area contributed by atoms with Crippen LogP contribution in [0, 0.1) is 5.41 Å². The second-order valence-corrected chi connectivity index (χ2v) is 8.36. The third kappa shape index (κ3) is 3.51. The van der Waals surface area contributed by atoms with Crippen LogP contribution in [0.25, 0.3) is 0 Å². The Morgan fingerprint density at radius 2 is 2.05 bits per heavy atom. The Labute approximate surface area is 118 Å². The van der Waals surface area contributed by atoms with Crippen LogP contribution in [-0.2, 0) is 4.43 Å². The lowest BCUT2D eigenvalue weighted by Gasteiger charge is -2.33. The van der Waals surface area contributed by atoms with Crippen LogP contribution in [0.2, 0.25) is 13.1 Å². The van der Waals surface area contributed by atoms with E-state index >= 15 is 0 Å². The summed E-state index contributed by atoms with van der Waals surface area (Å²) in [5.41, 5.74) is 2.41. The first-order valence-electron chi connectivity index (χ1n) is 6.85. The maximum atomic E-state index is 6.23. The molecule has 1 heterocycles. The zero-order valence-corrected chi connectivity index (χ0v) is 13.5. The SMILES string of the molecule is C[Si](C)OC(c1ccc2c(c1)NCCO2)C(C)(C)C. The molecule has 0 saturated heterocycles. The molecular weight excluding hydrogens is 254 g/mol. The van der Waals surface area contributed by atoms with Gasteiger partial charge in [0.15, 0.2) is 0 Å². The fraction of sp³-hybridized carbons (Fsp3) is 0.600. The standard InChI is InChI=1S/C15H24NO2Si/c1-15(2,3)14(18-19(4)5)11-6-7-13-12(10-11)16-8-9-17-13/h6-7,10,14,16H,8-9H2,1-5H3. The van der Waals surface area contributed by atoms with Gasteiger partial charge in [-0.1, -0.05) is 26.8 Å². The normalized spacial score (nSPS) is 16.5. The summed E-state index contributed by atoms with van der Waals surface area (Å²) in [6.45, 7) is 12.7. The molecule has 1 N–H and O–H groups in total. The molecule has 4 heteroatoms. The number of anilines is 1. The quantitative estimate of drug-likeness (QED) is 0.852. The van der Waals surface area contributed by atoms with Crippen molar-refractivity contribution in [3.05, 3.63) is 23.8 Å². The molecule has 19 heavy (non-hydrogen) atoms. The number of benzene rings is 1. The summed E-state index contributed by atoms with van der Waals surface area (Å²) in [5, 5.41) is 3.39. The van der Waals surface area contributed by atoms with Gasteiger partial charge in [0.05, 0.1) is 11.8 Å². The monoisotopic (exact) mass is 278 g/mol. The minimum Gasteiger partial charge on any atom is -0.490 e. The lowest BCUT2D eigenvalue weighted by atomic mass is 9.84. The highest BCUT2D eigenvalue weighted by Crippen LogP contribution is 2.39. The van der Waals surface area contributed by atoms with E-state index in [2.05, 4.69) is 57.4 Å². The molecule has 0 aromatic heterocycles. The Bertz CT molecular complexity index is 440. The van der Waals surface area contributed by atoms with Gasteiger partial charge in [0.25, 0.3) is 0 Å². The Morgan fingerprint density at radius 1 is 1.32 bits per heavy atom. The molecule has 2 rings (SSSR count). The van der Waals surface area contributed by atoms with E-state index in [-0.39, 0.29) is 11.5 Å². The summed E-state index contributed by atoms with van der Waals surface area (Å²) in [4.78, 5) is 0. The highest BCUT2D eigenvalue weighted by molar-refractivity contribution is 6.48. The fourth-order valence-corrected chi connectivity index (χ4v) is 3.26. The van der Waals surface area contributed by atoms with Crippen LogP contribution in [0.5, 0.6) is 5.75 Å². The lowest BCUT2D eigenvalue weighted by Crippen LogP contribution is -2.26. The number of ether oxygens (including phenoxy) is 1. The van der Waals surface area contributed by atoms with Gasteiger partial charge in [0.2, 0.25) is 9.04 Å². The van der Waals surface area contributed by atoms with Gasteiger partial charge in [-0.05, 0) is 36.2 Å². The van der Waals surface area contributed by atoms with E-state index in [1.54, 1.807) is 0 Å². The van der Waals surface area contributed by atoms with Crippen LogP contribution < -0.4 is 10.1 Å². The Kier molecular flexibility index (Phi) is 4.21. The van der Waals surface area contributed by atoms with Gasteiger partial charge < -0.3 is 14.5 Å². The van der Waals surface area contributed by atoms with E-state index in [1.807, 2.05) is 0 Å². The van der Waals surface area contributed by atoms with Gasteiger partial charge in [-0.25, -0.2) is 0 Å². The van der Waals surface area contributed by atoms with Crippen LogP contribution in [0.4, 0.5) is 5.69 Å². The van der Waals surface area contributed by atoms with Gasteiger partial charge in [0.1, 0.15) is 12.4 Å². The molecule has 1 radical (unpaired) electrons. The first-order chi connectivity index (χ1) is 8.88. The number of fused-ring (bicyclic) bond motifs is 1. The Balaban J connectivity index is 2.31. The number of nitrogens with one attached hydrogen (secondary N) is 1. The maximum absolute atomic E-state index is 6.23. The molecular formula is C15H24NO2Si. The van der Waals surface area contributed by atoms with Crippen LogP contribution in [-0.4, -0.2) is 22.2 Å². The Morgan fingerprint density at radius 3 is 2.68 bits per heavy atom. The minimum atomic E-state index is -0.735. The van der Waals surface area contributed by atoms with E-state index in [0.29, 0.717) is 0 Å². The van der Waals surface area contributed by atoms with Crippen LogP contribution >= 0.6 is 0 Å². The molecule has 1 aromatic carbocycles. The predicted molar refractivity (Wildman–Crippen MR) is 81.2 cm³/mol. The van der Waals surface area contributed by atoms with E-state index < -0.39 is 9.04 Å². The van der Waals surface area contributed by atoms with Crippen LogP contribution in [0.1, 0.15) is 32.4 Å². The van der Waals surface area contributed by atoms with Gasteiger partial charge in [-0.15, -0.1) is 0 Å². The molecule has 0 amide bonds. The van der Waals surface area contributed by atoms with E-state index in [0.717, 1.165) is 24.6 Å². The van der Waals surface area contributed by atoms with Gasteiger partial charge >= 0.3 is 0 Å². The topological polar surface area (TPSA) is 30.5 Å². The van der Waals surface area contributed by atoms with Crippen LogP contribution in [0.15, 0.2) is 18.2 Å². The summed E-state index contributed by atoms with van der Waals surface area (Å²) in [5.74, 6) is 0.946. The molecule has 3 nitrogen and oxygen atoms in total. The summed E-state index contributed by atoms with van der Waals surface area (Å²) >= 11 is 0. The van der Waals surface area contributed by atoms with Crippen molar-refractivity contribution in [3.63, 3.8) is 0 Å². The Hall–Kier alpha value is -1.00. The average molecular weight is 278 g/mol. The molecule has 0 fully saturated rings. The van der Waals surface area contributed by atoms with Crippen molar-refractivity contribution >= 4 is 14.7 Å². The summed E-state index contributed by atoms with van der Waals surface area (Å²) in [6, 6.07) is 6.36. The average Bonchev–Trinajstić information content (AvgIpc) is 2.34. The van der Waals surface area contributed by atoms with Crippen molar-refractivity contribution in [1.82, 2.24) is 0 Å². The number of rotatable bonds is 3. The van der Waals surface area contributed by atoms with Crippen molar-refractivity contribution < 1.29 is 9.16 Å². The molecule has 1 aliphatic heterocycles. The smallest absolute Gasteiger partial charge is 0.205 e. The van der Waals surface area contributed by atoms with Crippen molar-refractivity contribution in [2.45, 2.75) is 40.0 Å². The zero-order chi connectivity index (χ0) is 14.0. The minimum absolute atomic E-state index is 0.0890. The van der Waals surface area contributed by atoms with Crippen molar-refractivity contribution in [2.75, 3.05) is 18.5 Å². The van der Waals surface area contributed by atoms with E-state index in [9.17, 15) is 0 Å². The van der Waals surface area contributed by atoms with Gasteiger partial charge in [-0.2, -0.15) is 0 Å². The van der Waals surface area contributed by atoms with Crippen molar-refractivity contribution in [3.8, 4) is 5.75 Å². The second-order valence-electron chi connectivity index (χ2n) is 6.30. The molecule has 0 bridgehead atoms. The maximum Gasteiger partial charge on any atom is 0.205 e. The largest absolute Gasteiger partial charge is 0.490 e. The first kappa shape index (κ1) is 14.4. The highest BCUT2D eigenvalue weighted by Gasteiger charge is 2.29. The third-order valence-corrected chi connectivity index (χ3v) is 3.83. The first-order valence-corrected chi connectivity index (χ1v) is 9.26. The molecule has 1 unspecified atom stereocenters. The van der Waals surface area contributed by atoms with Gasteiger partial charge in [0, 0.05) is 6.54 Å². The summed E-state index contributed by atoms with van der Waals surface area (Å²) in [7, 11) is -0.735. The van der Waals surface area contributed by atoms with Gasteiger partial charge in [-0.3, -0.25) is 0 Å². The molecule has 0 spiro atoms. The number of hydrogen-bond donors (Lipinski definition) is 1.